The number of amides is 1. The number of benzene rings is 1. The van der Waals surface area contributed by atoms with E-state index in [0.717, 1.165) is 12.8 Å². The summed E-state index contributed by atoms with van der Waals surface area (Å²) in [5, 5.41) is 10.6. The topological polar surface area (TPSA) is 62.7 Å². The van der Waals surface area contributed by atoms with Crippen LogP contribution < -0.4 is 4.74 Å². The summed E-state index contributed by atoms with van der Waals surface area (Å²) >= 11 is 0. The lowest BCUT2D eigenvalue weighted by molar-refractivity contribution is -0.131. The molecule has 0 bridgehead atoms. The van der Waals surface area contributed by atoms with Crippen LogP contribution in [0.2, 0.25) is 0 Å². The van der Waals surface area contributed by atoms with Gasteiger partial charge in [0.05, 0.1) is 6.54 Å². The molecular weight excluding hydrogens is 335 g/mol. The molecule has 1 amide bonds. The number of pyridine rings is 1. The second-order valence-corrected chi connectivity index (χ2v) is 6.74. The Morgan fingerprint density at radius 1 is 1.23 bits per heavy atom. The van der Waals surface area contributed by atoms with E-state index in [1.54, 1.807) is 17.3 Å². The van der Waals surface area contributed by atoms with E-state index < -0.39 is 5.60 Å². The van der Waals surface area contributed by atoms with Crippen LogP contribution in [-0.2, 0) is 11.2 Å². The maximum Gasteiger partial charge on any atom is 0.222 e. The van der Waals surface area contributed by atoms with Crippen molar-refractivity contribution in [2.24, 2.45) is 0 Å². The fourth-order valence-corrected chi connectivity index (χ4v) is 3.09. The Hall–Kier alpha value is -2.47. The summed E-state index contributed by atoms with van der Waals surface area (Å²) < 4.78 is 18.5. The molecule has 1 unspecified atom stereocenters. The van der Waals surface area contributed by atoms with Gasteiger partial charge in [0.1, 0.15) is 23.8 Å². The summed E-state index contributed by atoms with van der Waals surface area (Å²) in [6.07, 6.45) is 6.03. The molecule has 1 aliphatic rings. The third kappa shape index (κ3) is 5.02. The van der Waals surface area contributed by atoms with Gasteiger partial charge in [0.2, 0.25) is 5.91 Å². The second kappa shape index (κ2) is 8.27. The van der Waals surface area contributed by atoms with Gasteiger partial charge < -0.3 is 14.7 Å². The van der Waals surface area contributed by atoms with Crippen LogP contribution in [0.3, 0.4) is 0 Å². The van der Waals surface area contributed by atoms with Crippen LogP contribution in [0, 0.1) is 5.82 Å². The van der Waals surface area contributed by atoms with Crippen molar-refractivity contribution in [3.8, 4) is 5.75 Å². The molecule has 6 heteroatoms. The van der Waals surface area contributed by atoms with E-state index in [4.69, 9.17) is 4.74 Å². The Balaban J connectivity index is 1.43. The van der Waals surface area contributed by atoms with Gasteiger partial charge in [-0.1, -0.05) is 0 Å². The van der Waals surface area contributed by atoms with Gasteiger partial charge in [-0.05, 0) is 61.2 Å². The Labute approximate surface area is 152 Å². The molecule has 1 aromatic carbocycles. The van der Waals surface area contributed by atoms with Crippen molar-refractivity contribution in [2.45, 2.75) is 31.3 Å². The number of halogens is 1. The molecule has 1 fully saturated rings. The molecule has 0 spiro atoms. The van der Waals surface area contributed by atoms with Crippen LogP contribution in [-0.4, -0.2) is 46.2 Å². The Morgan fingerprint density at radius 2 is 1.96 bits per heavy atom. The molecular formula is C20H23FN2O3. The second-order valence-electron chi connectivity index (χ2n) is 6.74. The molecule has 26 heavy (non-hydrogen) atoms. The number of aryl methyl sites for hydroxylation is 1. The van der Waals surface area contributed by atoms with E-state index >= 15 is 0 Å². The number of ether oxygens (including phenoxy) is 1. The first-order chi connectivity index (χ1) is 12.5. The van der Waals surface area contributed by atoms with Gasteiger partial charge in [-0.2, -0.15) is 0 Å². The number of aromatic nitrogens is 1. The van der Waals surface area contributed by atoms with Gasteiger partial charge >= 0.3 is 0 Å². The minimum absolute atomic E-state index is 0.0526. The smallest absolute Gasteiger partial charge is 0.222 e. The van der Waals surface area contributed by atoms with Crippen LogP contribution in [0.1, 0.15) is 24.8 Å². The number of hydrogen-bond donors (Lipinski definition) is 1. The number of hydrogen-bond acceptors (Lipinski definition) is 4. The van der Waals surface area contributed by atoms with Gasteiger partial charge in [-0.3, -0.25) is 9.78 Å². The highest BCUT2D eigenvalue weighted by Crippen LogP contribution is 2.24. The highest BCUT2D eigenvalue weighted by molar-refractivity contribution is 5.76. The fourth-order valence-electron chi connectivity index (χ4n) is 3.09. The molecule has 2 heterocycles. The van der Waals surface area contributed by atoms with Gasteiger partial charge in [0.15, 0.2) is 0 Å². The maximum absolute atomic E-state index is 12.9. The molecule has 0 radical (unpaired) electrons. The van der Waals surface area contributed by atoms with Crippen LogP contribution in [0.15, 0.2) is 48.8 Å². The Bertz CT molecular complexity index is 724. The zero-order chi connectivity index (χ0) is 18.4. The zero-order valence-electron chi connectivity index (χ0n) is 14.6. The molecule has 2 aromatic rings. The molecule has 1 aliphatic heterocycles. The monoisotopic (exact) mass is 358 g/mol. The van der Waals surface area contributed by atoms with Crippen LogP contribution in [0.5, 0.6) is 5.75 Å². The number of aliphatic hydroxyl groups is 1. The highest BCUT2D eigenvalue weighted by Gasteiger charge is 2.38. The Morgan fingerprint density at radius 3 is 2.69 bits per heavy atom. The Kier molecular flexibility index (Phi) is 5.83. The fraction of sp³-hybridized carbons (Fsp3) is 0.400. The molecule has 3 rings (SSSR count). The van der Waals surface area contributed by atoms with Crippen molar-refractivity contribution >= 4 is 5.91 Å². The maximum atomic E-state index is 12.9. The summed E-state index contributed by atoms with van der Waals surface area (Å²) in [6.45, 7) is 0.874. The predicted molar refractivity (Wildman–Crippen MR) is 95.2 cm³/mol. The van der Waals surface area contributed by atoms with E-state index in [9.17, 15) is 14.3 Å². The van der Waals surface area contributed by atoms with E-state index in [1.165, 1.54) is 29.8 Å². The molecule has 1 saturated heterocycles. The van der Waals surface area contributed by atoms with Crippen molar-refractivity contribution in [3.05, 3.63) is 60.2 Å². The van der Waals surface area contributed by atoms with Crippen molar-refractivity contribution in [2.75, 3.05) is 19.7 Å². The van der Waals surface area contributed by atoms with Crippen LogP contribution in [0.25, 0.3) is 0 Å². The molecule has 138 valence electrons. The van der Waals surface area contributed by atoms with Crippen molar-refractivity contribution in [1.82, 2.24) is 9.88 Å². The van der Waals surface area contributed by atoms with Crippen LogP contribution >= 0.6 is 0 Å². The minimum Gasteiger partial charge on any atom is -0.491 e. The van der Waals surface area contributed by atoms with Gasteiger partial charge in [-0.15, -0.1) is 0 Å². The largest absolute Gasteiger partial charge is 0.491 e. The summed E-state index contributed by atoms with van der Waals surface area (Å²) in [4.78, 5) is 18.0. The average molecular weight is 358 g/mol. The van der Waals surface area contributed by atoms with E-state index in [-0.39, 0.29) is 24.9 Å². The van der Waals surface area contributed by atoms with Gasteiger partial charge in [-0.25, -0.2) is 4.39 Å². The number of likely N-dealkylation sites (tertiary alicyclic amines) is 1. The van der Waals surface area contributed by atoms with E-state index in [2.05, 4.69) is 4.98 Å². The lowest BCUT2D eigenvalue weighted by Crippen LogP contribution is -2.40. The third-order valence-corrected chi connectivity index (χ3v) is 4.61. The molecule has 0 aliphatic carbocycles. The molecule has 1 aromatic heterocycles. The first-order valence-corrected chi connectivity index (χ1v) is 8.82. The average Bonchev–Trinajstić information content (AvgIpc) is 3.05. The van der Waals surface area contributed by atoms with Crippen molar-refractivity contribution < 1.29 is 19.0 Å². The SMILES string of the molecule is O=C(CCCc1ccncc1)N1CCC(O)(COc2ccc(F)cc2)C1. The minimum atomic E-state index is -1.06. The lowest BCUT2D eigenvalue weighted by atomic mass is 10.1. The number of carbonyl (C=O) groups is 1. The number of β-amino-alcohol motifs (C(OH)–C–C–N with tert-alkyl or cyclic N) is 1. The zero-order valence-corrected chi connectivity index (χ0v) is 14.6. The standard InChI is InChI=1S/C20H23FN2O3/c21-17-4-6-18(7-5-17)26-15-20(25)10-13-23(14-20)19(24)3-1-2-16-8-11-22-12-9-16/h4-9,11-12,25H,1-3,10,13-15H2. The first-order valence-electron chi connectivity index (χ1n) is 8.82. The van der Waals surface area contributed by atoms with E-state index in [1.807, 2.05) is 12.1 Å². The predicted octanol–water partition coefficient (Wildman–Crippen LogP) is 2.59. The molecule has 5 nitrogen and oxygen atoms in total. The lowest BCUT2D eigenvalue weighted by Gasteiger charge is -2.23. The van der Waals surface area contributed by atoms with E-state index in [0.29, 0.717) is 25.1 Å². The first kappa shape index (κ1) is 18.3. The number of carbonyl (C=O) groups excluding carboxylic acids is 1. The normalized spacial score (nSPS) is 19.5. The molecule has 0 saturated carbocycles. The number of rotatable bonds is 7. The summed E-state index contributed by atoms with van der Waals surface area (Å²) in [7, 11) is 0. The molecule has 1 N–H and O–H groups in total. The summed E-state index contributed by atoms with van der Waals surface area (Å²) in [5.74, 6) is 0.221. The van der Waals surface area contributed by atoms with Gasteiger partial charge in [0, 0.05) is 25.4 Å². The summed E-state index contributed by atoms with van der Waals surface area (Å²) in [6, 6.07) is 9.57. The summed E-state index contributed by atoms with van der Waals surface area (Å²) in [5.41, 5.74) is 0.105. The van der Waals surface area contributed by atoms with Gasteiger partial charge in [0.25, 0.3) is 0 Å². The molecule has 1 atom stereocenters. The quantitative estimate of drug-likeness (QED) is 0.826. The van der Waals surface area contributed by atoms with Crippen LogP contribution in [0.4, 0.5) is 4.39 Å². The van der Waals surface area contributed by atoms with Crippen molar-refractivity contribution in [1.29, 1.82) is 0 Å². The number of nitrogens with zero attached hydrogens (tertiary/aromatic N) is 2. The van der Waals surface area contributed by atoms with Crippen molar-refractivity contribution in [3.63, 3.8) is 0 Å². The highest BCUT2D eigenvalue weighted by atomic mass is 19.1. The third-order valence-electron chi connectivity index (χ3n) is 4.61.